The monoisotopic (exact) mass is 266 g/mol. The highest BCUT2D eigenvalue weighted by Crippen LogP contribution is 2.30. The van der Waals surface area contributed by atoms with Gasteiger partial charge < -0.3 is 11.1 Å². The van der Waals surface area contributed by atoms with Crippen LogP contribution < -0.4 is 11.1 Å². The van der Waals surface area contributed by atoms with E-state index in [1.165, 1.54) is 25.7 Å². The Bertz CT molecular complexity index is 305. The van der Waals surface area contributed by atoms with E-state index in [1.807, 2.05) is 0 Å². The fourth-order valence-corrected chi connectivity index (χ4v) is 3.89. The topological polar surface area (TPSA) is 55.1 Å². The summed E-state index contributed by atoms with van der Waals surface area (Å²) < 4.78 is 0. The van der Waals surface area contributed by atoms with Gasteiger partial charge in [0.05, 0.1) is 0 Å². The maximum atomic E-state index is 12.3. The van der Waals surface area contributed by atoms with Gasteiger partial charge in [0.25, 0.3) is 0 Å². The fraction of sp³-hybridized carbons (Fsp3) is 0.938. The number of hydrogen-bond acceptors (Lipinski definition) is 2. The summed E-state index contributed by atoms with van der Waals surface area (Å²) in [5, 5.41) is 3.20. The molecule has 19 heavy (non-hydrogen) atoms. The van der Waals surface area contributed by atoms with Gasteiger partial charge in [-0.05, 0) is 43.4 Å². The standard InChI is InChI=1S/C16H30N2O/c1-11-5-3-6-13(9-11)10-18-16(19)14-7-4-8-15(17)12(14)2/h11-15H,3-10,17H2,1-2H3,(H,18,19). The second kappa shape index (κ2) is 6.74. The third kappa shape index (κ3) is 3.95. The molecule has 2 aliphatic rings. The summed E-state index contributed by atoms with van der Waals surface area (Å²) in [6, 6.07) is 0.208. The second-order valence-corrected chi connectivity index (χ2v) is 6.94. The van der Waals surface area contributed by atoms with Crippen LogP contribution in [-0.4, -0.2) is 18.5 Å². The summed E-state index contributed by atoms with van der Waals surface area (Å²) in [4.78, 5) is 12.3. The molecule has 110 valence electrons. The number of hydrogen-bond donors (Lipinski definition) is 2. The first kappa shape index (κ1) is 14.8. The van der Waals surface area contributed by atoms with E-state index in [4.69, 9.17) is 5.73 Å². The van der Waals surface area contributed by atoms with E-state index in [0.29, 0.717) is 11.8 Å². The van der Waals surface area contributed by atoms with Crippen LogP contribution in [0.25, 0.3) is 0 Å². The lowest BCUT2D eigenvalue weighted by Crippen LogP contribution is -2.45. The van der Waals surface area contributed by atoms with Gasteiger partial charge in [-0.3, -0.25) is 4.79 Å². The lowest BCUT2D eigenvalue weighted by atomic mass is 9.76. The Morgan fingerprint density at radius 3 is 2.63 bits per heavy atom. The quantitative estimate of drug-likeness (QED) is 0.825. The predicted octanol–water partition coefficient (Wildman–Crippen LogP) is 2.69. The molecule has 2 aliphatic carbocycles. The van der Waals surface area contributed by atoms with E-state index in [0.717, 1.165) is 31.7 Å². The molecule has 0 aromatic heterocycles. The van der Waals surface area contributed by atoms with Gasteiger partial charge >= 0.3 is 0 Å². The molecule has 3 nitrogen and oxygen atoms in total. The van der Waals surface area contributed by atoms with Gasteiger partial charge in [0, 0.05) is 18.5 Å². The largest absolute Gasteiger partial charge is 0.356 e. The average Bonchev–Trinajstić information content (AvgIpc) is 2.39. The van der Waals surface area contributed by atoms with E-state index in [-0.39, 0.29) is 17.9 Å². The van der Waals surface area contributed by atoms with Crippen molar-refractivity contribution in [1.29, 1.82) is 0 Å². The minimum atomic E-state index is 0.143. The second-order valence-electron chi connectivity index (χ2n) is 6.94. The molecule has 3 heteroatoms. The number of amides is 1. The summed E-state index contributed by atoms with van der Waals surface area (Å²) in [6.07, 6.45) is 8.44. The van der Waals surface area contributed by atoms with Crippen molar-refractivity contribution >= 4 is 5.91 Å². The molecule has 5 unspecified atom stereocenters. The van der Waals surface area contributed by atoms with Gasteiger partial charge in [-0.2, -0.15) is 0 Å². The lowest BCUT2D eigenvalue weighted by molar-refractivity contribution is -0.128. The molecule has 0 spiro atoms. The summed E-state index contributed by atoms with van der Waals surface area (Å²) in [5.41, 5.74) is 6.08. The van der Waals surface area contributed by atoms with Crippen molar-refractivity contribution in [2.75, 3.05) is 6.54 Å². The van der Waals surface area contributed by atoms with Gasteiger partial charge in [-0.15, -0.1) is 0 Å². The summed E-state index contributed by atoms with van der Waals surface area (Å²) in [7, 11) is 0. The van der Waals surface area contributed by atoms with Crippen LogP contribution in [0.15, 0.2) is 0 Å². The Labute approximate surface area is 117 Å². The van der Waals surface area contributed by atoms with Crippen LogP contribution in [0.5, 0.6) is 0 Å². The van der Waals surface area contributed by atoms with Crippen molar-refractivity contribution in [2.24, 2.45) is 29.4 Å². The molecule has 2 saturated carbocycles. The molecule has 0 aromatic carbocycles. The van der Waals surface area contributed by atoms with Gasteiger partial charge in [0.15, 0.2) is 0 Å². The summed E-state index contributed by atoms with van der Waals surface area (Å²) in [5.74, 6) is 2.25. The van der Waals surface area contributed by atoms with Crippen LogP contribution in [0.4, 0.5) is 0 Å². The fourth-order valence-electron chi connectivity index (χ4n) is 3.89. The maximum Gasteiger partial charge on any atom is 0.223 e. The third-order valence-electron chi connectivity index (χ3n) is 5.31. The first-order valence-electron chi connectivity index (χ1n) is 8.11. The van der Waals surface area contributed by atoms with Crippen molar-refractivity contribution in [1.82, 2.24) is 5.32 Å². The smallest absolute Gasteiger partial charge is 0.223 e. The zero-order valence-corrected chi connectivity index (χ0v) is 12.5. The van der Waals surface area contributed by atoms with Crippen molar-refractivity contribution in [3.8, 4) is 0 Å². The van der Waals surface area contributed by atoms with Crippen LogP contribution in [0, 0.1) is 23.7 Å². The Morgan fingerprint density at radius 1 is 1.16 bits per heavy atom. The van der Waals surface area contributed by atoms with Crippen molar-refractivity contribution < 1.29 is 4.79 Å². The SMILES string of the molecule is CC1CCCC(CNC(=O)C2CCCC(N)C2C)C1. The minimum Gasteiger partial charge on any atom is -0.356 e. The number of carbonyl (C=O) groups is 1. The van der Waals surface area contributed by atoms with E-state index in [2.05, 4.69) is 19.2 Å². The van der Waals surface area contributed by atoms with E-state index < -0.39 is 0 Å². The molecule has 0 aliphatic heterocycles. The molecule has 0 aromatic rings. The van der Waals surface area contributed by atoms with Gasteiger partial charge in [0.2, 0.25) is 5.91 Å². The lowest BCUT2D eigenvalue weighted by Gasteiger charge is -2.33. The highest BCUT2D eigenvalue weighted by Gasteiger charge is 2.32. The van der Waals surface area contributed by atoms with Crippen LogP contribution in [-0.2, 0) is 4.79 Å². The van der Waals surface area contributed by atoms with E-state index in [9.17, 15) is 4.79 Å². The van der Waals surface area contributed by atoms with Crippen LogP contribution >= 0.6 is 0 Å². The molecule has 1 amide bonds. The van der Waals surface area contributed by atoms with E-state index in [1.54, 1.807) is 0 Å². The molecule has 5 atom stereocenters. The molecule has 0 bridgehead atoms. The number of rotatable bonds is 3. The van der Waals surface area contributed by atoms with Crippen molar-refractivity contribution in [3.63, 3.8) is 0 Å². The molecule has 0 heterocycles. The molecule has 0 saturated heterocycles. The van der Waals surface area contributed by atoms with Crippen molar-refractivity contribution in [3.05, 3.63) is 0 Å². The Hall–Kier alpha value is -0.570. The first-order valence-corrected chi connectivity index (χ1v) is 8.11. The normalized spacial score (nSPS) is 39.8. The molecule has 0 radical (unpaired) electrons. The predicted molar refractivity (Wildman–Crippen MR) is 78.6 cm³/mol. The number of carbonyl (C=O) groups excluding carboxylic acids is 1. The maximum absolute atomic E-state index is 12.3. The summed E-state index contributed by atoms with van der Waals surface area (Å²) >= 11 is 0. The van der Waals surface area contributed by atoms with Gasteiger partial charge in [0.1, 0.15) is 0 Å². The molecule has 2 fully saturated rings. The Morgan fingerprint density at radius 2 is 1.89 bits per heavy atom. The molecule has 2 rings (SSSR count). The molecular weight excluding hydrogens is 236 g/mol. The summed E-state index contributed by atoms with van der Waals surface area (Å²) in [6.45, 7) is 5.34. The van der Waals surface area contributed by atoms with Crippen molar-refractivity contribution in [2.45, 2.75) is 64.8 Å². The van der Waals surface area contributed by atoms with Gasteiger partial charge in [-0.1, -0.05) is 33.1 Å². The molecule has 3 N–H and O–H groups in total. The van der Waals surface area contributed by atoms with Crippen LogP contribution in [0.1, 0.15) is 58.8 Å². The minimum absolute atomic E-state index is 0.143. The third-order valence-corrected chi connectivity index (χ3v) is 5.31. The number of nitrogens with one attached hydrogen (secondary N) is 1. The highest BCUT2D eigenvalue weighted by molar-refractivity contribution is 5.79. The van der Waals surface area contributed by atoms with Crippen LogP contribution in [0.2, 0.25) is 0 Å². The van der Waals surface area contributed by atoms with Gasteiger partial charge in [-0.25, -0.2) is 0 Å². The zero-order valence-electron chi connectivity index (χ0n) is 12.5. The van der Waals surface area contributed by atoms with Crippen LogP contribution in [0.3, 0.4) is 0 Å². The first-order chi connectivity index (χ1) is 9.08. The Kier molecular flexibility index (Phi) is 5.26. The molecular formula is C16H30N2O. The van der Waals surface area contributed by atoms with E-state index >= 15 is 0 Å². The average molecular weight is 266 g/mol. The number of nitrogens with two attached hydrogens (primary N) is 1. The highest BCUT2D eigenvalue weighted by atomic mass is 16.1. The Balaban J connectivity index is 1.77. The zero-order chi connectivity index (χ0) is 13.8.